The zero-order valence-electron chi connectivity index (χ0n) is 11.8. The summed E-state index contributed by atoms with van der Waals surface area (Å²) in [6, 6.07) is 1.21. The van der Waals surface area contributed by atoms with Crippen LogP contribution >= 0.6 is 0 Å². The van der Waals surface area contributed by atoms with Gasteiger partial charge in [0.1, 0.15) is 0 Å². The molecule has 20 heavy (non-hydrogen) atoms. The quantitative estimate of drug-likeness (QED) is 0.862. The van der Waals surface area contributed by atoms with Gasteiger partial charge in [-0.25, -0.2) is 13.8 Å². The third-order valence-electron chi connectivity index (χ3n) is 4.53. The number of nitrogens with zero attached hydrogens (tertiary/aromatic N) is 1. The first-order valence-corrected chi connectivity index (χ1v) is 7.53. The zero-order chi connectivity index (χ0) is 14.1. The van der Waals surface area contributed by atoms with E-state index in [1.165, 1.54) is 19.3 Å². The Balaban J connectivity index is 1.74. The lowest BCUT2D eigenvalue weighted by Crippen LogP contribution is -2.27. The molecule has 3 unspecified atom stereocenters. The molecule has 1 aromatic heterocycles. The Morgan fingerprint density at radius 3 is 2.65 bits per heavy atom. The van der Waals surface area contributed by atoms with Gasteiger partial charge in [-0.3, -0.25) is 0 Å². The third kappa shape index (κ3) is 2.58. The van der Waals surface area contributed by atoms with E-state index >= 15 is 0 Å². The van der Waals surface area contributed by atoms with Crippen molar-refractivity contribution >= 4 is 11.6 Å². The van der Waals surface area contributed by atoms with E-state index in [0.29, 0.717) is 18.5 Å². The summed E-state index contributed by atoms with van der Waals surface area (Å²) in [5.41, 5.74) is 0. The Morgan fingerprint density at radius 2 is 2.00 bits per heavy atom. The van der Waals surface area contributed by atoms with Gasteiger partial charge in [-0.15, -0.1) is 0 Å². The van der Waals surface area contributed by atoms with E-state index in [1.54, 1.807) is 0 Å². The Labute approximate surface area is 118 Å². The second kappa shape index (κ2) is 5.54. The number of hydrogen-bond donors (Lipinski definition) is 2. The fraction of sp³-hybridized carbons (Fsp3) is 0.667. The molecule has 110 valence electrons. The molecule has 0 aliphatic heterocycles. The molecule has 1 heterocycles. The highest BCUT2D eigenvalue weighted by Crippen LogP contribution is 2.45. The molecule has 2 saturated carbocycles. The minimum atomic E-state index is -0.630. The van der Waals surface area contributed by atoms with E-state index in [9.17, 15) is 8.78 Å². The Morgan fingerprint density at radius 1 is 1.20 bits per heavy atom. The van der Waals surface area contributed by atoms with Crippen LogP contribution < -0.4 is 10.6 Å². The molecule has 3 atom stereocenters. The highest BCUT2D eigenvalue weighted by Gasteiger charge is 2.39. The molecule has 3 rings (SSSR count). The van der Waals surface area contributed by atoms with Gasteiger partial charge in [0.2, 0.25) is 0 Å². The summed E-state index contributed by atoms with van der Waals surface area (Å²) < 4.78 is 27.5. The van der Waals surface area contributed by atoms with Gasteiger partial charge in [0.05, 0.1) is 0 Å². The number of halogens is 2. The molecular formula is C15H21F2N3. The molecule has 2 bridgehead atoms. The zero-order valence-corrected chi connectivity index (χ0v) is 11.8. The van der Waals surface area contributed by atoms with Crippen molar-refractivity contribution in [2.24, 2.45) is 11.8 Å². The average Bonchev–Trinajstić information content (AvgIpc) is 3.03. The summed E-state index contributed by atoms with van der Waals surface area (Å²) in [5.74, 6) is 0.486. The second-order valence-electron chi connectivity index (χ2n) is 6.00. The van der Waals surface area contributed by atoms with E-state index in [0.717, 1.165) is 24.8 Å². The van der Waals surface area contributed by atoms with Crippen LogP contribution in [-0.4, -0.2) is 17.6 Å². The maximum absolute atomic E-state index is 13.9. The van der Waals surface area contributed by atoms with Crippen LogP contribution in [0.5, 0.6) is 0 Å². The summed E-state index contributed by atoms with van der Waals surface area (Å²) in [6.45, 7) is 2.62. The first-order chi connectivity index (χ1) is 9.67. The molecule has 2 aliphatic carbocycles. The summed E-state index contributed by atoms with van der Waals surface area (Å²) >= 11 is 0. The van der Waals surface area contributed by atoms with Crippen LogP contribution in [0.4, 0.5) is 20.4 Å². The maximum atomic E-state index is 13.9. The minimum Gasteiger partial charge on any atom is -0.368 e. The number of nitrogens with one attached hydrogen (secondary N) is 2. The van der Waals surface area contributed by atoms with Crippen molar-refractivity contribution in [1.82, 2.24) is 4.98 Å². The van der Waals surface area contributed by atoms with Crippen LogP contribution in [0, 0.1) is 23.5 Å². The standard InChI is InChI=1S/C15H21F2N3/c1-2-5-18-14-11(16)8-12(17)15(20-14)19-13-7-9-3-4-10(13)6-9/h8-10,13H,2-7H2,1H3,(H2,18,19,20). The number of hydrogen-bond acceptors (Lipinski definition) is 3. The molecule has 1 aromatic rings. The molecule has 3 nitrogen and oxygen atoms in total. The molecule has 0 spiro atoms. The predicted molar refractivity (Wildman–Crippen MR) is 75.8 cm³/mol. The number of anilines is 2. The van der Waals surface area contributed by atoms with E-state index in [4.69, 9.17) is 0 Å². The predicted octanol–water partition coefficient (Wildman–Crippen LogP) is 3.78. The van der Waals surface area contributed by atoms with Gasteiger partial charge in [0.15, 0.2) is 23.3 Å². The average molecular weight is 281 g/mol. The van der Waals surface area contributed by atoms with Gasteiger partial charge in [-0.05, 0) is 37.5 Å². The third-order valence-corrected chi connectivity index (χ3v) is 4.53. The first-order valence-electron chi connectivity index (χ1n) is 7.53. The monoisotopic (exact) mass is 281 g/mol. The molecule has 2 N–H and O–H groups in total. The molecule has 0 saturated heterocycles. The summed E-state index contributed by atoms with van der Waals surface area (Å²) in [4.78, 5) is 4.08. The minimum absolute atomic E-state index is 0.138. The number of pyridine rings is 1. The Kier molecular flexibility index (Phi) is 3.76. The van der Waals surface area contributed by atoms with Crippen molar-refractivity contribution in [3.05, 3.63) is 17.7 Å². The van der Waals surface area contributed by atoms with Crippen molar-refractivity contribution < 1.29 is 8.78 Å². The highest BCUT2D eigenvalue weighted by atomic mass is 19.1. The first kappa shape index (κ1) is 13.6. The van der Waals surface area contributed by atoms with Crippen LogP contribution in [-0.2, 0) is 0 Å². The molecule has 0 aromatic carbocycles. The number of rotatable bonds is 5. The normalized spacial score (nSPS) is 27.9. The smallest absolute Gasteiger partial charge is 0.168 e. The van der Waals surface area contributed by atoms with Gasteiger partial charge in [-0.2, -0.15) is 0 Å². The van der Waals surface area contributed by atoms with Gasteiger partial charge in [0, 0.05) is 18.7 Å². The van der Waals surface area contributed by atoms with Crippen molar-refractivity contribution in [3.63, 3.8) is 0 Å². The Hall–Kier alpha value is -1.39. The lowest BCUT2D eigenvalue weighted by atomic mass is 9.95. The van der Waals surface area contributed by atoms with Gasteiger partial charge < -0.3 is 10.6 Å². The molecule has 0 amide bonds. The second-order valence-corrected chi connectivity index (χ2v) is 6.00. The van der Waals surface area contributed by atoms with Gasteiger partial charge in [-0.1, -0.05) is 13.3 Å². The maximum Gasteiger partial charge on any atom is 0.168 e. The van der Waals surface area contributed by atoms with Crippen molar-refractivity contribution in [2.75, 3.05) is 17.2 Å². The highest BCUT2D eigenvalue weighted by molar-refractivity contribution is 5.48. The van der Waals surface area contributed by atoms with Crippen molar-refractivity contribution in [2.45, 2.75) is 45.1 Å². The fourth-order valence-electron chi connectivity index (χ4n) is 3.53. The van der Waals surface area contributed by atoms with E-state index in [2.05, 4.69) is 15.6 Å². The van der Waals surface area contributed by atoms with E-state index in [1.807, 2.05) is 6.92 Å². The summed E-state index contributed by atoms with van der Waals surface area (Å²) in [6.07, 6.45) is 5.70. The molecule has 2 fully saturated rings. The number of aromatic nitrogens is 1. The van der Waals surface area contributed by atoms with Crippen molar-refractivity contribution in [1.29, 1.82) is 0 Å². The Bertz CT molecular complexity index is 492. The molecule has 2 aliphatic rings. The SMILES string of the molecule is CCCNc1nc(NC2CC3CCC2C3)c(F)cc1F. The lowest BCUT2D eigenvalue weighted by molar-refractivity contribution is 0.436. The van der Waals surface area contributed by atoms with Crippen LogP contribution in [0.1, 0.15) is 39.0 Å². The largest absolute Gasteiger partial charge is 0.368 e. The lowest BCUT2D eigenvalue weighted by Gasteiger charge is -2.24. The van der Waals surface area contributed by atoms with Crippen molar-refractivity contribution in [3.8, 4) is 0 Å². The van der Waals surface area contributed by atoms with Gasteiger partial charge in [0.25, 0.3) is 0 Å². The van der Waals surface area contributed by atoms with E-state index < -0.39 is 11.6 Å². The molecule has 5 heteroatoms. The van der Waals surface area contributed by atoms with Gasteiger partial charge >= 0.3 is 0 Å². The van der Waals surface area contributed by atoms with Crippen LogP contribution in [0.3, 0.4) is 0 Å². The summed E-state index contributed by atoms with van der Waals surface area (Å²) in [7, 11) is 0. The molecular weight excluding hydrogens is 260 g/mol. The molecule has 0 radical (unpaired) electrons. The fourth-order valence-corrected chi connectivity index (χ4v) is 3.53. The van der Waals surface area contributed by atoms with Crippen LogP contribution in [0.15, 0.2) is 6.07 Å². The number of fused-ring (bicyclic) bond motifs is 2. The van der Waals surface area contributed by atoms with Crippen LogP contribution in [0.25, 0.3) is 0 Å². The van der Waals surface area contributed by atoms with Crippen LogP contribution in [0.2, 0.25) is 0 Å². The topological polar surface area (TPSA) is 37.0 Å². The van der Waals surface area contributed by atoms with E-state index in [-0.39, 0.29) is 11.6 Å². The summed E-state index contributed by atoms with van der Waals surface area (Å²) in [5, 5.41) is 6.09.